The van der Waals surface area contributed by atoms with Gasteiger partial charge in [-0.05, 0) is 34.1 Å². The monoisotopic (exact) mass is 348 g/mol. The van der Waals surface area contributed by atoms with Gasteiger partial charge in [0, 0.05) is 19.3 Å². The van der Waals surface area contributed by atoms with Crippen LogP contribution in [0.4, 0.5) is 14.9 Å². The van der Waals surface area contributed by atoms with E-state index in [9.17, 15) is 14.0 Å². The van der Waals surface area contributed by atoms with Crippen LogP contribution in [-0.4, -0.2) is 48.8 Å². The number of hydrogen-bond acceptors (Lipinski definition) is 3. The Bertz CT molecular complexity index is 498. The molecule has 0 bridgehead atoms. The van der Waals surface area contributed by atoms with Crippen molar-refractivity contribution in [2.24, 2.45) is 0 Å². The van der Waals surface area contributed by atoms with Crippen LogP contribution in [0.5, 0.6) is 0 Å². The van der Waals surface area contributed by atoms with E-state index in [1.807, 2.05) is 0 Å². The first-order valence-corrected chi connectivity index (χ1v) is 6.45. The largest absolute Gasteiger partial charge is 0.480 e. The van der Waals surface area contributed by atoms with Crippen molar-refractivity contribution in [2.45, 2.75) is 0 Å². The lowest BCUT2D eigenvalue weighted by Gasteiger charge is -2.20. The van der Waals surface area contributed by atoms with Gasteiger partial charge in [-0.2, -0.15) is 0 Å². The highest BCUT2D eigenvalue weighted by Crippen LogP contribution is 2.19. The molecule has 2 amide bonds. The van der Waals surface area contributed by atoms with Crippen molar-refractivity contribution in [3.05, 3.63) is 28.5 Å². The Morgan fingerprint density at radius 3 is 2.75 bits per heavy atom. The quantitative estimate of drug-likeness (QED) is 0.825. The summed E-state index contributed by atoms with van der Waals surface area (Å²) < 4.78 is 18.4. The molecular weight excluding hydrogens is 335 g/mol. The summed E-state index contributed by atoms with van der Waals surface area (Å²) in [4.78, 5) is 23.7. The van der Waals surface area contributed by atoms with Crippen LogP contribution in [0, 0.1) is 5.82 Å². The summed E-state index contributed by atoms with van der Waals surface area (Å²) in [5.74, 6) is -1.66. The summed E-state index contributed by atoms with van der Waals surface area (Å²) in [7, 11) is 1.45. The molecule has 1 aromatic carbocycles. The highest BCUT2D eigenvalue weighted by molar-refractivity contribution is 9.10. The minimum atomic E-state index is -1.14. The first-order chi connectivity index (χ1) is 9.43. The Kier molecular flexibility index (Phi) is 6.40. The smallest absolute Gasteiger partial charge is 0.323 e. The standard InChI is InChI=1S/C12H14BrFN2O4/c1-20-5-4-16(7-11(17)18)12(19)15-8-2-3-9(13)10(14)6-8/h2-3,6H,4-5,7H2,1H3,(H,15,19)(H,17,18). The lowest BCUT2D eigenvalue weighted by atomic mass is 10.3. The summed E-state index contributed by atoms with van der Waals surface area (Å²) in [5, 5.41) is 11.2. The van der Waals surface area contributed by atoms with Gasteiger partial charge in [-0.15, -0.1) is 0 Å². The number of aliphatic carboxylic acids is 1. The van der Waals surface area contributed by atoms with E-state index >= 15 is 0 Å². The van der Waals surface area contributed by atoms with E-state index in [0.29, 0.717) is 0 Å². The van der Waals surface area contributed by atoms with Crippen LogP contribution in [0.3, 0.4) is 0 Å². The average molecular weight is 349 g/mol. The van der Waals surface area contributed by atoms with Crippen LogP contribution >= 0.6 is 15.9 Å². The number of carbonyl (C=O) groups excluding carboxylic acids is 1. The van der Waals surface area contributed by atoms with E-state index in [1.165, 1.54) is 19.2 Å². The number of rotatable bonds is 6. The van der Waals surface area contributed by atoms with Crippen molar-refractivity contribution in [3.8, 4) is 0 Å². The zero-order chi connectivity index (χ0) is 15.1. The molecule has 0 spiro atoms. The van der Waals surface area contributed by atoms with Gasteiger partial charge in [0.25, 0.3) is 0 Å². The lowest BCUT2D eigenvalue weighted by molar-refractivity contribution is -0.137. The Morgan fingerprint density at radius 2 is 2.20 bits per heavy atom. The van der Waals surface area contributed by atoms with Gasteiger partial charge < -0.3 is 20.1 Å². The fourth-order valence-electron chi connectivity index (χ4n) is 1.39. The van der Waals surface area contributed by atoms with Crippen molar-refractivity contribution >= 4 is 33.6 Å². The van der Waals surface area contributed by atoms with Crippen molar-refractivity contribution < 1.29 is 23.8 Å². The minimum absolute atomic E-state index is 0.119. The fourth-order valence-corrected chi connectivity index (χ4v) is 1.64. The summed E-state index contributed by atoms with van der Waals surface area (Å²) in [5.41, 5.74) is 0.239. The molecule has 2 N–H and O–H groups in total. The molecule has 0 aliphatic rings. The summed E-state index contributed by atoms with van der Waals surface area (Å²) >= 11 is 3.00. The first kappa shape index (κ1) is 16.4. The molecule has 1 aromatic rings. The van der Waals surface area contributed by atoms with E-state index < -0.39 is 24.4 Å². The number of urea groups is 1. The van der Waals surface area contributed by atoms with Crippen molar-refractivity contribution in [1.29, 1.82) is 0 Å². The number of halogens is 2. The zero-order valence-electron chi connectivity index (χ0n) is 10.7. The topological polar surface area (TPSA) is 78.9 Å². The summed E-state index contributed by atoms with van der Waals surface area (Å²) in [6.07, 6.45) is 0. The van der Waals surface area contributed by atoms with Crippen LogP contribution in [0.15, 0.2) is 22.7 Å². The maximum Gasteiger partial charge on any atom is 0.323 e. The number of carboxylic acid groups (broad SMARTS) is 1. The second-order valence-corrected chi connectivity index (χ2v) is 4.72. The minimum Gasteiger partial charge on any atom is -0.480 e. The van der Waals surface area contributed by atoms with Crippen molar-refractivity contribution in [1.82, 2.24) is 4.90 Å². The maximum absolute atomic E-state index is 13.3. The molecule has 0 aliphatic heterocycles. The number of nitrogens with one attached hydrogen (secondary N) is 1. The van der Waals surface area contributed by atoms with Gasteiger partial charge in [0.05, 0.1) is 11.1 Å². The normalized spacial score (nSPS) is 10.2. The summed E-state index contributed by atoms with van der Waals surface area (Å²) in [6, 6.07) is 3.45. The molecule has 1 rings (SSSR count). The van der Waals surface area contributed by atoms with E-state index in [1.54, 1.807) is 0 Å². The molecular formula is C12H14BrFN2O4. The van der Waals surface area contributed by atoms with Crippen LogP contribution in [0.1, 0.15) is 0 Å². The Balaban J connectivity index is 2.73. The number of amides is 2. The highest BCUT2D eigenvalue weighted by Gasteiger charge is 2.17. The van der Waals surface area contributed by atoms with Crippen LogP contribution in [-0.2, 0) is 9.53 Å². The van der Waals surface area contributed by atoms with Gasteiger partial charge >= 0.3 is 12.0 Å². The molecule has 0 aliphatic carbocycles. The van der Waals surface area contributed by atoms with Gasteiger partial charge in [-0.1, -0.05) is 0 Å². The number of hydrogen-bond donors (Lipinski definition) is 2. The van der Waals surface area contributed by atoms with Crippen molar-refractivity contribution in [2.75, 3.05) is 32.1 Å². The Hall–Kier alpha value is -1.67. The molecule has 0 radical (unpaired) electrons. The molecule has 0 unspecified atom stereocenters. The molecule has 110 valence electrons. The van der Waals surface area contributed by atoms with E-state index in [-0.39, 0.29) is 23.3 Å². The van der Waals surface area contributed by atoms with Crippen LogP contribution < -0.4 is 5.32 Å². The molecule has 0 atom stereocenters. The third kappa shape index (κ3) is 5.14. The van der Waals surface area contributed by atoms with Crippen molar-refractivity contribution in [3.63, 3.8) is 0 Å². The number of carboxylic acids is 1. The predicted octanol–water partition coefficient (Wildman–Crippen LogP) is 2.15. The average Bonchev–Trinajstić information content (AvgIpc) is 2.38. The van der Waals surface area contributed by atoms with Gasteiger partial charge in [0.1, 0.15) is 12.4 Å². The number of benzene rings is 1. The second kappa shape index (κ2) is 7.81. The molecule has 20 heavy (non-hydrogen) atoms. The van der Waals surface area contributed by atoms with Crippen LogP contribution in [0.2, 0.25) is 0 Å². The van der Waals surface area contributed by atoms with E-state index in [0.717, 1.165) is 11.0 Å². The number of methoxy groups -OCH3 is 1. The van der Waals surface area contributed by atoms with E-state index in [4.69, 9.17) is 9.84 Å². The SMILES string of the molecule is COCCN(CC(=O)O)C(=O)Nc1ccc(Br)c(F)c1. The van der Waals surface area contributed by atoms with Gasteiger partial charge in [0.15, 0.2) is 0 Å². The van der Waals surface area contributed by atoms with Gasteiger partial charge in [0.2, 0.25) is 0 Å². The molecule has 6 nitrogen and oxygen atoms in total. The number of anilines is 1. The first-order valence-electron chi connectivity index (χ1n) is 5.65. The molecule has 0 fully saturated rings. The lowest BCUT2D eigenvalue weighted by Crippen LogP contribution is -2.40. The number of carbonyl (C=O) groups is 2. The Labute approximate surface area is 123 Å². The molecule has 8 heteroatoms. The van der Waals surface area contributed by atoms with Crippen LogP contribution in [0.25, 0.3) is 0 Å². The molecule has 0 aromatic heterocycles. The predicted molar refractivity (Wildman–Crippen MR) is 74.2 cm³/mol. The zero-order valence-corrected chi connectivity index (χ0v) is 12.3. The third-order valence-electron chi connectivity index (χ3n) is 2.35. The third-order valence-corrected chi connectivity index (χ3v) is 2.99. The molecule has 0 saturated carbocycles. The number of ether oxygens (including phenoxy) is 1. The molecule has 0 saturated heterocycles. The van der Waals surface area contributed by atoms with E-state index in [2.05, 4.69) is 21.2 Å². The highest BCUT2D eigenvalue weighted by atomic mass is 79.9. The maximum atomic E-state index is 13.3. The summed E-state index contributed by atoms with van der Waals surface area (Å²) in [6.45, 7) is -0.142. The van der Waals surface area contributed by atoms with Gasteiger partial charge in [-0.3, -0.25) is 4.79 Å². The second-order valence-electron chi connectivity index (χ2n) is 3.87. The van der Waals surface area contributed by atoms with Gasteiger partial charge in [-0.25, -0.2) is 9.18 Å². The Morgan fingerprint density at radius 1 is 1.50 bits per heavy atom. The number of nitrogens with zero attached hydrogens (tertiary/aromatic N) is 1. The fraction of sp³-hybridized carbons (Fsp3) is 0.333. The molecule has 0 heterocycles.